The van der Waals surface area contributed by atoms with Crippen LogP contribution in [0.15, 0.2) is 53.7 Å². The summed E-state index contributed by atoms with van der Waals surface area (Å²) in [4.78, 5) is 19.4. The summed E-state index contributed by atoms with van der Waals surface area (Å²) in [5.41, 5.74) is 9.17. The van der Waals surface area contributed by atoms with E-state index in [4.69, 9.17) is 4.99 Å². The molecule has 2 aliphatic rings. The first-order valence-corrected chi connectivity index (χ1v) is 9.59. The van der Waals surface area contributed by atoms with Gasteiger partial charge in [-0.05, 0) is 41.3 Å². The Morgan fingerprint density at radius 2 is 1.96 bits per heavy atom. The van der Waals surface area contributed by atoms with Crippen LogP contribution >= 0.6 is 0 Å². The molecule has 0 unspecified atom stereocenters. The summed E-state index contributed by atoms with van der Waals surface area (Å²) in [6.07, 6.45) is 2.27. The van der Waals surface area contributed by atoms with Crippen LogP contribution in [-0.2, 0) is 37.9 Å². The zero-order chi connectivity index (χ0) is 19.3. The van der Waals surface area contributed by atoms with E-state index in [-0.39, 0.29) is 5.91 Å². The number of aliphatic imine (C=N–C) groups is 1. The highest BCUT2D eigenvalue weighted by Gasteiger charge is 2.27. The molecule has 2 aromatic carbocycles. The average molecular weight is 370 g/mol. The van der Waals surface area contributed by atoms with Crippen LogP contribution in [0.1, 0.15) is 39.1 Å². The first-order valence-electron chi connectivity index (χ1n) is 9.59. The van der Waals surface area contributed by atoms with E-state index in [9.17, 15) is 4.79 Å². The van der Waals surface area contributed by atoms with Crippen LogP contribution in [-0.4, -0.2) is 26.3 Å². The maximum Gasteiger partial charge on any atom is 0.227 e. The topological polar surface area (TPSA) is 50.5 Å². The van der Waals surface area contributed by atoms with Crippen molar-refractivity contribution >= 4 is 11.6 Å². The van der Waals surface area contributed by atoms with E-state index < -0.39 is 0 Å². The molecule has 5 heteroatoms. The zero-order valence-electron chi connectivity index (χ0n) is 16.1. The minimum atomic E-state index is 0.194. The third kappa shape index (κ3) is 2.83. The summed E-state index contributed by atoms with van der Waals surface area (Å²) >= 11 is 0. The number of aromatic nitrogens is 2. The molecular weight excluding hydrogens is 348 g/mol. The van der Waals surface area contributed by atoms with E-state index in [1.54, 1.807) is 6.20 Å². The van der Waals surface area contributed by atoms with Gasteiger partial charge in [-0.15, -0.1) is 0 Å². The van der Waals surface area contributed by atoms with Crippen LogP contribution in [0.3, 0.4) is 0 Å². The lowest BCUT2D eigenvalue weighted by atomic mass is 9.91. The molecule has 0 saturated carbocycles. The largest absolute Gasteiger partial charge is 0.334 e. The number of hydrogen-bond acceptors (Lipinski definition) is 3. The molecule has 3 aromatic rings. The molecule has 0 spiro atoms. The van der Waals surface area contributed by atoms with Crippen molar-refractivity contribution in [3.63, 3.8) is 0 Å². The fourth-order valence-electron chi connectivity index (χ4n) is 4.22. The Morgan fingerprint density at radius 3 is 2.75 bits per heavy atom. The number of nitrogens with zero attached hydrogens (tertiary/aromatic N) is 4. The number of benzene rings is 2. The molecule has 0 fully saturated rings. The van der Waals surface area contributed by atoms with E-state index in [1.807, 2.05) is 22.7 Å². The second-order valence-corrected chi connectivity index (χ2v) is 7.70. The smallest absolute Gasteiger partial charge is 0.227 e. The number of amides is 1. The first-order chi connectivity index (χ1) is 13.6. The third-order valence-corrected chi connectivity index (χ3v) is 5.66. The van der Waals surface area contributed by atoms with Crippen molar-refractivity contribution in [3.05, 3.63) is 87.7 Å². The number of rotatable bonds is 3. The second kappa shape index (κ2) is 6.44. The number of carbonyl (C=O) groups is 1. The zero-order valence-corrected chi connectivity index (χ0v) is 16.1. The van der Waals surface area contributed by atoms with Gasteiger partial charge in [-0.2, -0.15) is 5.10 Å². The van der Waals surface area contributed by atoms with Crippen LogP contribution in [0.25, 0.3) is 0 Å². The Labute approximate surface area is 164 Å². The average Bonchev–Trinajstić information content (AvgIpc) is 3.26. The molecule has 1 amide bonds. The molecule has 28 heavy (non-hydrogen) atoms. The van der Waals surface area contributed by atoms with Gasteiger partial charge in [-0.1, -0.05) is 35.9 Å². The van der Waals surface area contributed by atoms with E-state index in [2.05, 4.69) is 48.4 Å². The van der Waals surface area contributed by atoms with Crippen LogP contribution < -0.4 is 0 Å². The predicted octanol–water partition coefficient (Wildman–Crippen LogP) is 3.16. The standard InChI is InChI=1S/C23H22N4O/c1-15-4-3-5-16(8-15)13-27-14-19-10-20-18(9-17(19)11-22(27)28)12-24-23(20)21-6-7-25-26(21)2/h3-10H,11-14H2,1-2H3. The molecule has 140 valence electrons. The Bertz CT molecular complexity index is 1130. The van der Waals surface area contributed by atoms with Gasteiger partial charge in [0.15, 0.2) is 0 Å². The normalized spacial score (nSPS) is 15.4. The maximum absolute atomic E-state index is 12.7. The first kappa shape index (κ1) is 16.9. The van der Waals surface area contributed by atoms with Crippen molar-refractivity contribution in [1.82, 2.24) is 14.7 Å². The highest BCUT2D eigenvalue weighted by molar-refractivity contribution is 6.14. The van der Waals surface area contributed by atoms with Crippen LogP contribution in [0.5, 0.6) is 0 Å². The van der Waals surface area contributed by atoms with Gasteiger partial charge >= 0.3 is 0 Å². The van der Waals surface area contributed by atoms with Gasteiger partial charge in [-0.3, -0.25) is 14.5 Å². The molecule has 0 radical (unpaired) electrons. The number of aryl methyl sites for hydroxylation is 2. The predicted molar refractivity (Wildman–Crippen MR) is 108 cm³/mol. The van der Waals surface area contributed by atoms with E-state index in [1.165, 1.54) is 27.8 Å². The van der Waals surface area contributed by atoms with Crippen molar-refractivity contribution in [2.24, 2.45) is 12.0 Å². The molecule has 3 heterocycles. The fraction of sp³-hybridized carbons (Fsp3) is 0.261. The minimum absolute atomic E-state index is 0.194. The fourth-order valence-corrected chi connectivity index (χ4v) is 4.22. The number of fused-ring (bicyclic) bond motifs is 2. The summed E-state index contributed by atoms with van der Waals surface area (Å²) in [6, 6.07) is 14.8. The Hall–Kier alpha value is -3.21. The lowest BCUT2D eigenvalue weighted by Gasteiger charge is -2.29. The van der Waals surface area contributed by atoms with Crippen molar-refractivity contribution < 1.29 is 4.79 Å². The van der Waals surface area contributed by atoms with Crippen molar-refractivity contribution in [3.8, 4) is 0 Å². The Kier molecular flexibility index (Phi) is 3.90. The summed E-state index contributed by atoms with van der Waals surface area (Å²) < 4.78 is 1.86. The summed E-state index contributed by atoms with van der Waals surface area (Å²) in [7, 11) is 1.94. The molecule has 0 bridgehead atoms. The monoisotopic (exact) mass is 370 g/mol. The molecule has 0 saturated heterocycles. The minimum Gasteiger partial charge on any atom is -0.334 e. The van der Waals surface area contributed by atoms with Gasteiger partial charge in [0.1, 0.15) is 0 Å². The molecule has 0 N–H and O–H groups in total. The Balaban J connectivity index is 1.46. The molecule has 2 aliphatic heterocycles. The molecule has 5 rings (SSSR count). The number of hydrogen-bond donors (Lipinski definition) is 0. The highest BCUT2D eigenvalue weighted by Crippen LogP contribution is 2.30. The quantitative estimate of drug-likeness (QED) is 0.711. The van der Waals surface area contributed by atoms with Gasteiger partial charge in [-0.25, -0.2) is 0 Å². The van der Waals surface area contributed by atoms with Gasteiger partial charge < -0.3 is 4.90 Å². The van der Waals surface area contributed by atoms with Crippen molar-refractivity contribution in [2.75, 3.05) is 0 Å². The number of carbonyl (C=O) groups excluding carboxylic acids is 1. The summed E-state index contributed by atoms with van der Waals surface area (Å²) in [6.45, 7) is 4.05. The van der Waals surface area contributed by atoms with Gasteiger partial charge in [0.05, 0.1) is 24.4 Å². The molecular formula is C23H22N4O. The van der Waals surface area contributed by atoms with Crippen molar-refractivity contribution in [1.29, 1.82) is 0 Å². The Morgan fingerprint density at radius 1 is 1.07 bits per heavy atom. The van der Waals surface area contributed by atoms with Crippen LogP contribution in [0, 0.1) is 6.92 Å². The highest BCUT2D eigenvalue weighted by atomic mass is 16.2. The maximum atomic E-state index is 12.7. The summed E-state index contributed by atoms with van der Waals surface area (Å²) in [5.74, 6) is 0.194. The lowest BCUT2D eigenvalue weighted by Crippen LogP contribution is -2.35. The summed E-state index contributed by atoms with van der Waals surface area (Å²) in [5, 5.41) is 4.28. The van der Waals surface area contributed by atoms with Gasteiger partial charge in [0, 0.05) is 31.9 Å². The van der Waals surface area contributed by atoms with Crippen LogP contribution in [0.4, 0.5) is 0 Å². The van der Waals surface area contributed by atoms with Gasteiger partial charge in [0.2, 0.25) is 5.91 Å². The lowest BCUT2D eigenvalue weighted by molar-refractivity contribution is -0.132. The molecule has 1 aromatic heterocycles. The molecule has 0 aliphatic carbocycles. The third-order valence-electron chi connectivity index (χ3n) is 5.66. The van der Waals surface area contributed by atoms with E-state index >= 15 is 0 Å². The van der Waals surface area contributed by atoms with Gasteiger partial charge in [0.25, 0.3) is 0 Å². The molecule has 0 atom stereocenters. The van der Waals surface area contributed by atoms with E-state index in [0.29, 0.717) is 26.1 Å². The second-order valence-electron chi connectivity index (χ2n) is 7.70. The van der Waals surface area contributed by atoms with Crippen LogP contribution in [0.2, 0.25) is 0 Å². The molecule has 5 nitrogen and oxygen atoms in total. The SMILES string of the molecule is Cc1cccc(CN2Cc3cc4c(cc3CC2=O)CN=C4c2ccnn2C)c1. The van der Waals surface area contributed by atoms with Crippen molar-refractivity contribution in [2.45, 2.75) is 33.0 Å². The van der Waals surface area contributed by atoms with E-state index in [0.717, 1.165) is 17.0 Å².